The van der Waals surface area contributed by atoms with Crippen molar-refractivity contribution in [3.63, 3.8) is 0 Å². The Morgan fingerprint density at radius 3 is 1.57 bits per heavy atom. The summed E-state index contributed by atoms with van der Waals surface area (Å²) in [5.74, 6) is 0. The molecule has 0 aliphatic heterocycles. The molecule has 0 fully saturated rings. The SMILES string of the molecule is CC(CCc1ccccn1)(Cc1cccc(-c2[c-]cccc2)n1)Cc1cccc(-c2[c-]cccc2)n1.[Ir+3].[S-]c1ccccc1. The van der Waals surface area contributed by atoms with E-state index >= 15 is 0 Å². The second-order valence-corrected chi connectivity index (χ2v) is 11.4. The van der Waals surface area contributed by atoms with Crippen molar-refractivity contribution in [1.29, 1.82) is 0 Å². The minimum Gasteiger partial charge on any atom is -0.780 e. The van der Waals surface area contributed by atoms with Gasteiger partial charge in [0.15, 0.2) is 0 Å². The first-order chi connectivity index (χ1) is 21.1. The largest absolute Gasteiger partial charge is 3.00 e. The van der Waals surface area contributed by atoms with Crippen molar-refractivity contribution in [3.8, 4) is 22.5 Å². The van der Waals surface area contributed by atoms with Crippen LogP contribution < -0.4 is 0 Å². The standard InChI is InChI=1S/C33H29N3.C6H6S.Ir/c1-33(22-21-28-16-8-9-23-34-28,24-29-17-10-19-31(35-29)26-12-4-2-5-13-26)25-30-18-11-20-32(36-30)27-14-6-3-7-15-27;7-6-4-2-1-3-5-6;/h2-12,14,16-20,23H,21-22,24-25H2,1H3;1-5,7H;/q-2;;+3/p-1. The number of nitrogens with zero attached hydrogens (tertiary/aromatic N) is 3. The molecule has 6 aromatic rings. The van der Waals surface area contributed by atoms with Gasteiger partial charge in [0.05, 0.1) is 0 Å². The molecule has 0 aliphatic carbocycles. The number of hydrogen-bond acceptors (Lipinski definition) is 4. The van der Waals surface area contributed by atoms with Crippen LogP contribution in [0.1, 0.15) is 30.4 Å². The fraction of sp³-hybridized carbons (Fsp3) is 0.154. The van der Waals surface area contributed by atoms with Crippen LogP contribution in [0.3, 0.4) is 0 Å². The van der Waals surface area contributed by atoms with Gasteiger partial charge in [0, 0.05) is 23.3 Å². The van der Waals surface area contributed by atoms with Crippen molar-refractivity contribution in [2.75, 3.05) is 0 Å². The molecule has 3 aromatic heterocycles. The molecule has 0 unspecified atom stereocenters. The van der Waals surface area contributed by atoms with Crippen LogP contribution in [-0.2, 0) is 52.0 Å². The van der Waals surface area contributed by atoms with Gasteiger partial charge in [-0.15, -0.1) is 71.8 Å². The van der Waals surface area contributed by atoms with Crippen LogP contribution in [0.2, 0.25) is 0 Å². The third-order valence-corrected chi connectivity index (χ3v) is 7.53. The quantitative estimate of drug-likeness (QED) is 0.109. The average molecular weight is 769 g/mol. The first kappa shape index (κ1) is 32.9. The van der Waals surface area contributed by atoms with Gasteiger partial charge in [-0.2, -0.15) is 4.90 Å². The van der Waals surface area contributed by atoms with E-state index in [1.807, 2.05) is 79.0 Å². The van der Waals surface area contributed by atoms with Gasteiger partial charge in [0.2, 0.25) is 0 Å². The topological polar surface area (TPSA) is 38.7 Å². The summed E-state index contributed by atoms with van der Waals surface area (Å²) < 4.78 is 0. The molecule has 5 heteroatoms. The van der Waals surface area contributed by atoms with E-state index < -0.39 is 0 Å². The van der Waals surface area contributed by atoms with E-state index in [0.29, 0.717) is 0 Å². The van der Waals surface area contributed by atoms with E-state index in [0.717, 1.165) is 70.2 Å². The second-order valence-electron chi connectivity index (χ2n) is 10.9. The number of pyridine rings is 3. The zero-order valence-corrected chi connectivity index (χ0v) is 27.9. The third-order valence-electron chi connectivity index (χ3n) is 7.25. The summed E-state index contributed by atoms with van der Waals surface area (Å²) in [6.45, 7) is 2.35. The minimum absolute atomic E-state index is 0. The number of aryl methyl sites for hydroxylation is 1. The molecule has 0 saturated carbocycles. The number of hydrogen-bond donors (Lipinski definition) is 0. The molecular weight excluding hydrogens is 735 g/mol. The Hall–Kier alpha value is -4.02. The van der Waals surface area contributed by atoms with Gasteiger partial charge >= 0.3 is 20.1 Å². The van der Waals surface area contributed by atoms with Gasteiger partial charge in [0.1, 0.15) is 0 Å². The molecule has 3 nitrogen and oxygen atoms in total. The molecule has 0 bridgehead atoms. The fourth-order valence-corrected chi connectivity index (χ4v) is 5.23. The maximum absolute atomic E-state index is 5.02. The molecule has 3 heterocycles. The third kappa shape index (κ3) is 10.0. The van der Waals surface area contributed by atoms with Crippen LogP contribution in [0, 0.1) is 17.5 Å². The molecular formula is C39H34IrN3S. The number of aromatic nitrogens is 3. The Balaban J connectivity index is 0.000000488. The van der Waals surface area contributed by atoms with Gasteiger partial charge < -0.3 is 22.6 Å². The van der Waals surface area contributed by atoms with Gasteiger partial charge in [0.25, 0.3) is 0 Å². The van der Waals surface area contributed by atoms with E-state index in [1.165, 1.54) is 0 Å². The summed E-state index contributed by atoms with van der Waals surface area (Å²) >= 11 is 4.81. The van der Waals surface area contributed by atoms with Gasteiger partial charge in [-0.1, -0.05) is 67.6 Å². The monoisotopic (exact) mass is 769 g/mol. The summed E-state index contributed by atoms with van der Waals surface area (Å²) in [5.41, 5.74) is 7.19. The van der Waals surface area contributed by atoms with Crippen LogP contribution in [0.4, 0.5) is 0 Å². The Labute approximate surface area is 280 Å². The van der Waals surface area contributed by atoms with Crippen LogP contribution in [0.15, 0.2) is 145 Å². The summed E-state index contributed by atoms with van der Waals surface area (Å²) in [6.07, 6.45) is 5.47. The Morgan fingerprint density at radius 1 is 0.591 bits per heavy atom. The normalized spacial score (nSPS) is 10.7. The van der Waals surface area contributed by atoms with E-state index in [4.69, 9.17) is 22.6 Å². The molecule has 0 atom stereocenters. The van der Waals surface area contributed by atoms with E-state index in [2.05, 4.69) is 84.7 Å². The van der Waals surface area contributed by atoms with Crippen molar-refractivity contribution in [2.45, 2.75) is 37.5 Å². The molecule has 0 aliphatic rings. The Bertz CT molecular complexity index is 1600. The van der Waals surface area contributed by atoms with E-state index in [9.17, 15) is 0 Å². The Kier molecular flexibility index (Phi) is 12.5. The second kappa shape index (κ2) is 16.7. The molecule has 0 N–H and O–H groups in total. The Morgan fingerprint density at radius 2 is 1.11 bits per heavy atom. The maximum atomic E-state index is 5.02. The first-order valence-electron chi connectivity index (χ1n) is 14.5. The molecule has 6 rings (SSSR count). The summed E-state index contributed by atoms with van der Waals surface area (Å²) in [6, 6.07) is 50.9. The van der Waals surface area contributed by atoms with Crippen LogP contribution >= 0.6 is 0 Å². The molecule has 0 spiro atoms. The fourth-order valence-electron chi connectivity index (χ4n) is 5.07. The van der Waals surface area contributed by atoms with Crippen LogP contribution in [-0.4, -0.2) is 15.0 Å². The maximum Gasteiger partial charge on any atom is 3.00 e. The zero-order valence-electron chi connectivity index (χ0n) is 24.7. The van der Waals surface area contributed by atoms with Crippen molar-refractivity contribution in [2.24, 2.45) is 5.41 Å². The predicted octanol–water partition coefficient (Wildman–Crippen LogP) is 8.82. The van der Waals surface area contributed by atoms with Crippen molar-refractivity contribution in [3.05, 3.63) is 169 Å². The van der Waals surface area contributed by atoms with Crippen molar-refractivity contribution < 1.29 is 20.1 Å². The number of benzene rings is 3. The average Bonchev–Trinajstić information content (AvgIpc) is 3.06. The molecule has 0 radical (unpaired) electrons. The molecule has 44 heavy (non-hydrogen) atoms. The molecule has 0 amide bonds. The van der Waals surface area contributed by atoms with Crippen LogP contribution in [0.5, 0.6) is 0 Å². The summed E-state index contributed by atoms with van der Waals surface area (Å²) in [4.78, 5) is 15.5. The first-order valence-corrected chi connectivity index (χ1v) is 15.0. The van der Waals surface area contributed by atoms with Crippen LogP contribution in [0.25, 0.3) is 22.5 Å². The van der Waals surface area contributed by atoms with Gasteiger partial charge in [-0.25, -0.2) is 0 Å². The van der Waals surface area contributed by atoms with E-state index in [-0.39, 0.29) is 25.5 Å². The zero-order chi connectivity index (χ0) is 29.7. The van der Waals surface area contributed by atoms with E-state index in [1.54, 1.807) is 0 Å². The number of rotatable bonds is 9. The summed E-state index contributed by atoms with van der Waals surface area (Å²) in [5, 5.41) is 0. The van der Waals surface area contributed by atoms with Crippen molar-refractivity contribution in [1.82, 2.24) is 15.0 Å². The van der Waals surface area contributed by atoms with Crippen molar-refractivity contribution >= 4 is 12.6 Å². The molecule has 3 aromatic carbocycles. The van der Waals surface area contributed by atoms with Gasteiger partial charge in [-0.05, 0) is 66.8 Å². The molecule has 220 valence electrons. The molecule has 0 saturated heterocycles. The smallest absolute Gasteiger partial charge is 0.780 e. The van der Waals surface area contributed by atoms with Gasteiger partial charge in [-0.3, -0.25) is 4.98 Å². The summed E-state index contributed by atoms with van der Waals surface area (Å²) in [7, 11) is 0. The minimum atomic E-state index is -0.0461. The predicted molar refractivity (Wildman–Crippen MR) is 177 cm³/mol.